The molecule has 2 heterocycles. The fraction of sp³-hybridized carbons (Fsp3) is 0.400. The number of hydrogen-bond acceptors (Lipinski definition) is 5. The minimum Gasteiger partial charge on any atom is -0.381 e. The van der Waals surface area contributed by atoms with E-state index in [2.05, 4.69) is 10.6 Å². The molecule has 2 amide bonds. The summed E-state index contributed by atoms with van der Waals surface area (Å²) < 4.78 is 5.64. The standard InChI is InChI=1S/C25H30ClN5O3/c1-30(2)22(32)18-8-9-19(23(33)31(3)4)21-20(18)28-24(25(29-21)10-12-34-13-11-25)27-15-16-6-5-7-17(26)14-16/h5-9,14,29H,10-13,15H2,1-4H3,(H,27,28). The first-order chi connectivity index (χ1) is 16.2. The quantitative estimate of drug-likeness (QED) is 0.692. The minimum absolute atomic E-state index is 0.143. The summed E-state index contributed by atoms with van der Waals surface area (Å²) in [6, 6.07) is 11.0. The smallest absolute Gasteiger partial charge is 0.255 e. The molecule has 34 heavy (non-hydrogen) atoms. The Kier molecular flexibility index (Phi) is 6.81. The lowest BCUT2D eigenvalue weighted by Crippen LogP contribution is -2.56. The number of nitrogens with one attached hydrogen (secondary N) is 2. The van der Waals surface area contributed by atoms with Gasteiger partial charge in [-0.1, -0.05) is 23.7 Å². The lowest BCUT2D eigenvalue weighted by Gasteiger charge is -2.44. The number of benzene rings is 2. The summed E-state index contributed by atoms with van der Waals surface area (Å²) >= 11 is 6.16. The van der Waals surface area contributed by atoms with Crippen LogP contribution >= 0.6 is 11.6 Å². The van der Waals surface area contributed by atoms with Gasteiger partial charge in [0.1, 0.15) is 5.84 Å². The summed E-state index contributed by atoms with van der Waals surface area (Å²) in [5, 5.41) is 7.75. The molecule has 2 N–H and O–H groups in total. The number of fused-ring (bicyclic) bond motifs is 1. The number of aliphatic imine (C=N–C) groups is 1. The maximum absolute atomic E-state index is 13.0. The SMILES string of the molecule is CN(C)C(=O)c1ccc(C(=O)N(C)C)c2c1NC(=NCc1cccc(Cl)c1)C1(CCOCC1)N2. The average Bonchev–Trinajstić information content (AvgIpc) is 2.81. The number of hydrogen-bond donors (Lipinski definition) is 2. The number of anilines is 2. The van der Waals surface area contributed by atoms with Crippen LogP contribution in [0.3, 0.4) is 0 Å². The molecule has 1 fully saturated rings. The van der Waals surface area contributed by atoms with E-state index >= 15 is 0 Å². The topological polar surface area (TPSA) is 86.3 Å². The van der Waals surface area contributed by atoms with Crippen LogP contribution in [0.15, 0.2) is 41.4 Å². The molecule has 0 aliphatic carbocycles. The first-order valence-electron chi connectivity index (χ1n) is 11.2. The maximum Gasteiger partial charge on any atom is 0.255 e. The van der Waals surface area contributed by atoms with Crippen molar-refractivity contribution in [2.24, 2.45) is 4.99 Å². The van der Waals surface area contributed by atoms with Crippen molar-refractivity contribution in [3.63, 3.8) is 0 Å². The van der Waals surface area contributed by atoms with E-state index in [1.54, 1.807) is 40.3 Å². The molecule has 9 heteroatoms. The van der Waals surface area contributed by atoms with E-state index in [9.17, 15) is 9.59 Å². The van der Waals surface area contributed by atoms with Gasteiger partial charge in [0.15, 0.2) is 0 Å². The van der Waals surface area contributed by atoms with E-state index in [1.165, 1.54) is 9.80 Å². The lowest BCUT2D eigenvalue weighted by atomic mass is 9.84. The van der Waals surface area contributed by atoms with Crippen LogP contribution in [0.25, 0.3) is 0 Å². The van der Waals surface area contributed by atoms with Crippen LogP contribution < -0.4 is 10.6 Å². The molecule has 2 aromatic carbocycles. The number of amides is 2. The fourth-order valence-electron chi connectivity index (χ4n) is 4.32. The summed E-state index contributed by atoms with van der Waals surface area (Å²) in [5.41, 5.74) is 2.60. The fourth-order valence-corrected chi connectivity index (χ4v) is 4.53. The van der Waals surface area contributed by atoms with Gasteiger partial charge >= 0.3 is 0 Å². The van der Waals surface area contributed by atoms with Crippen LogP contribution in [-0.2, 0) is 11.3 Å². The molecule has 180 valence electrons. The van der Waals surface area contributed by atoms with E-state index in [0.29, 0.717) is 60.1 Å². The van der Waals surface area contributed by atoms with E-state index in [1.807, 2.05) is 24.3 Å². The van der Waals surface area contributed by atoms with Crippen molar-refractivity contribution in [2.75, 3.05) is 52.0 Å². The lowest BCUT2D eigenvalue weighted by molar-refractivity contribution is 0.0774. The van der Waals surface area contributed by atoms with Crippen molar-refractivity contribution in [3.8, 4) is 0 Å². The van der Waals surface area contributed by atoms with Crippen LogP contribution in [-0.4, -0.2) is 74.4 Å². The minimum atomic E-state index is -0.537. The van der Waals surface area contributed by atoms with Gasteiger partial charge in [0.25, 0.3) is 11.8 Å². The summed E-state index contributed by atoms with van der Waals surface area (Å²) in [6.45, 7) is 1.55. The summed E-state index contributed by atoms with van der Waals surface area (Å²) in [6.07, 6.45) is 1.35. The second-order valence-corrected chi connectivity index (χ2v) is 9.49. The molecule has 2 aliphatic heterocycles. The molecule has 8 nitrogen and oxygen atoms in total. The highest BCUT2D eigenvalue weighted by atomic mass is 35.5. The Hall–Kier alpha value is -3.10. The number of nitrogens with zero attached hydrogens (tertiary/aromatic N) is 3. The molecule has 0 unspecified atom stereocenters. The maximum atomic E-state index is 13.0. The van der Waals surface area contributed by atoms with Crippen LogP contribution in [0.1, 0.15) is 39.1 Å². The third-order valence-corrected chi connectivity index (χ3v) is 6.43. The van der Waals surface area contributed by atoms with Crippen molar-refractivity contribution < 1.29 is 14.3 Å². The number of carbonyl (C=O) groups excluding carboxylic acids is 2. The van der Waals surface area contributed by atoms with Gasteiger partial charge in [-0.3, -0.25) is 14.6 Å². The Morgan fingerprint density at radius 2 is 1.62 bits per heavy atom. The number of amidine groups is 1. The second-order valence-electron chi connectivity index (χ2n) is 9.05. The summed E-state index contributed by atoms with van der Waals surface area (Å²) in [4.78, 5) is 34.0. The molecule has 4 rings (SSSR count). The van der Waals surface area contributed by atoms with Gasteiger partial charge in [0.05, 0.1) is 34.6 Å². The Morgan fingerprint density at radius 3 is 2.21 bits per heavy atom. The largest absolute Gasteiger partial charge is 0.381 e. The Labute approximate surface area is 204 Å². The Balaban J connectivity index is 1.84. The molecule has 0 atom stereocenters. The van der Waals surface area contributed by atoms with E-state index < -0.39 is 5.54 Å². The molecule has 0 saturated carbocycles. The number of ether oxygens (including phenoxy) is 1. The zero-order valence-corrected chi connectivity index (χ0v) is 20.7. The van der Waals surface area contributed by atoms with Crippen molar-refractivity contribution in [1.82, 2.24) is 9.80 Å². The van der Waals surface area contributed by atoms with Gasteiger partial charge in [0.2, 0.25) is 0 Å². The molecule has 1 saturated heterocycles. The van der Waals surface area contributed by atoms with Gasteiger partial charge in [0, 0.05) is 59.3 Å². The molecular weight excluding hydrogens is 454 g/mol. The monoisotopic (exact) mass is 483 g/mol. The van der Waals surface area contributed by atoms with Crippen LogP contribution in [0.4, 0.5) is 11.4 Å². The van der Waals surface area contributed by atoms with E-state index in [0.717, 1.165) is 11.4 Å². The molecular formula is C25H30ClN5O3. The zero-order chi connectivity index (χ0) is 24.5. The third-order valence-electron chi connectivity index (χ3n) is 6.19. The van der Waals surface area contributed by atoms with Gasteiger partial charge in [-0.25, -0.2) is 0 Å². The molecule has 0 radical (unpaired) electrons. The zero-order valence-electron chi connectivity index (χ0n) is 19.9. The van der Waals surface area contributed by atoms with E-state index in [-0.39, 0.29) is 11.8 Å². The predicted octanol–water partition coefficient (Wildman–Crippen LogP) is 3.73. The van der Waals surface area contributed by atoms with Gasteiger partial charge in [-0.05, 0) is 29.8 Å². The normalized spacial score (nSPS) is 17.5. The molecule has 0 aromatic heterocycles. The predicted molar refractivity (Wildman–Crippen MR) is 135 cm³/mol. The van der Waals surface area contributed by atoms with Crippen molar-refractivity contribution in [3.05, 3.63) is 58.1 Å². The van der Waals surface area contributed by atoms with Crippen molar-refractivity contribution >= 4 is 40.6 Å². The van der Waals surface area contributed by atoms with Gasteiger partial charge < -0.3 is 25.2 Å². The highest BCUT2D eigenvalue weighted by Gasteiger charge is 2.43. The Morgan fingerprint density at radius 1 is 1.00 bits per heavy atom. The van der Waals surface area contributed by atoms with Crippen molar-refractivity contribution in [1.29, 1.82) is 0 Å². The Bertz CT molecular complexity index is 1140. The van der Waals surface area contributed by atoms with Crippen molar-refractivity contribution in [2.45, 2.75) is 24.9 Å². The highest BCUT2D eigenvalue weighted by molar-refractivity contribution is 6.30. The summed E-state index contributed by atoms with van der Waals surface area (Å²) in [7, 11) is 6.84. The highest BCUT2D eigenvalue weighted by Crippen LogP contribution is 2.41. The summed E-state index contributed by atoms with van der Waals surface area (Å²) in [5.74, 6) is 0.424. The molecule has 2 aliphatic rings. The van der Waals surface area contributed by atoms with E-state index in [4.69, 9.17) is 21.3 Å². The van der Waals surface area contributed by atoms with Crippen LogP contribution in [0.2, 0.25) is 5.02 Å². The number of halogens is 1. The number of rotatable bonds is 4. The van der Waals surface area contributed by atoms with Crippen LogP contribution in [0, 0.1) is 0 Å². The first kappa shape index (κ1) is 24.0. The molecule has 2 aromatic rings. The number of carbonyl (C=O) groups is 2. The van der Waals surface area contributed by atoms with Gasteiger partial charge in [-0.15, -0.1) is 0 Å². The average molecular weight is 484 g/mol. The third kappa shape index (κ3) is 4.60. The second kappa shape index (κ2) is 9.64. The van der Waals surface area contributed by atoms with Gasteiger partial charge in [-0.2, -0.15) is 0 Å². The first-order valence-corrected chi connectivity index (χ1v) is 11.6. The molecule has 0 bridgehead atoms. The van der Waals surface area contributed by atoms with Crippen LogP contribution in [0.5, 0.6) is 0 Å². The molecule has 1 spiro atoms.